The molecule has 1 rings (SSSR count). The zero-order valence-corrected chi connectivity index (χ0v) is 9.07. The number of ether oxygens (including phenoxy) is 1. The van der Waals surface area contributed by atoms with Gasteiger partial charge in [0, 0.05) is 5.02 Å². The predicted octanol–water partition coefficient (Wildman–Crippen LogP) is 1.55. The highest BCUT2D eigenvalue weighted by atomic mass is 35.5. The molecule has 0 saturated heterocycles. The summed E-state index contributed by atoms with van der Waals surface area (Å²) in [5.41, 5.74) is 5.24. The molecule has 1 aromatic carbocycles. The molecule has 0 saturated carbocycles. The molecule has 0 aliphatic carbocycles. The van der Waals surface area contributed by atoms with E-state index in [1.54, 1.807) is 12.1 Å². The van der Waals surface area contributed by atoms with Gasteiger partial charge in [0.05, 0.1) is 6.54 Å². The van der Waals surface area contributed by atoms with E-state index in [2.05, 4.69) is 17.5 Å². The van der Waals surface area contributed by atoms with E-state index in [-0.39, 0.29) is 5.11 Å². The lowest BCUT2D eigenvalue weighted by Gasteiger charge is -2.07. The van der Waals surface area contributed by atoms with Crippen molar-refractivity contribution < 1.29 is 4.74 Å². The Morgan fingerprint density at radius 1 is 1.57 bits per heavy atom. The van der Waals surface area contributed by atoms with Gasteiger partial charge in [-0.3, -0.25) is 0 Å². The zero-order chi connectivity index (χ0) is 10.4. The lowest BCUT2D eigenvalue weighted by molar-refractivity contribution is 0.322. The lowest BCUT2D eigenvalue weighted by atomic mass is 10.3. The second-order valence-corrected chi connectivity index (χ2v) is 3.47. The Morgan fingerprint density at radius 3 is 3.00 bits per heavy atom. The van der Waals surface area contributed by atoms with Crippen LogP contribution < -0.4 is 15.8 Å². The van der Waals surface area contributed by atoms with E-state index in [1.807, 2.05) is 12.1 Å². The van der Waals surface area contributed by atoms with Crippen LogP contribution in [0.5, 0.6) is 5.75 Å². The zero-order valence-electron chi connectivity index (χ0n) is 7.50. The molecule has 3 nitrogen and oxygen atoms in total. The molecule has 0 unspecified atom stereocenters. The summed E-state index contributed by atoms with van der Waals surface area (Å²) in [5, 5.41) is 3.72. The Hall–Kier alpha value is -1.00. The van der Waals surface area contributed by atoms with Gasteiger partial charge in [0.25, 0.3) is 0 Å². The van der Waals surface area contributed by atoms with Crippen LogP contribution in [0.15, 0.2) is 24.3 Å². The fourth-order valence-corrected chi connectivity index (χ4v) is 1.18. The molecule has 76 valence electrons. The van der Waals surface area contributed by atoms with Crippen LogP contribution in [-0.4, -0.2) is 18.3 Å². The lowest BCUT2D eigenvalue weighted by Crippen LogP contribution is -2.32. The molecular formula is C9H11ClN2OS. The molecule has 0 radical (unpaired) electrons. The van der Waals surface area contributed by atoms with Crippen molar-refractivity contribution in [2.45, 2.75) is 0 Å². The summed E-state index contributed by atoms with van der Waals surface area (Å²) in [6.07, 6.45) is 0. The topological polar surface area (TPSA) is 47.3 Å². The van der Waals surface area contributed by atoms with Crippen LogP contribution in [0.25, 0.3) is 0 Å². The molecule has 0 heterocycles. The SMILES string of the molecule is NC(=S)NCCOc1cccc(Cl)c1. The molecule has 0 spiro atoms. The third-order valence-corrected chi connectivity index (χ3v) is 1.85. The number of hydrogen-bond donors (Lipinski definition) is 2. The summed E-state index contributed by atoms with van der Waals surface area (Å²) >= 11 is 10.4. The quantitative estimate of drug-likeness (QED) is 0.609. The Morgan fingerprint density at radius 2 is 2.36 bits per heavy atom. The van der Waals surface area contributed by atoms with Crippen molar-refractivity contribution in [3.8, 4) is 5.75 Å². The summed E-state index contributed by atoms with van der Waals surface area (Å²) in [6.45, 7) is 1.08. The molecular weight excluding hydrogens is 220 g/mol. The third-order valence-electron chi connectivity index (χ3n) is 1.47. The standard InChI is InChI=1S/C9H11ClN2OS/c10-7-2-1-3-8(6-7)13-5-4-12-9(11)14/h1-3,6H,4-5H2,(H3,11,12,14). The molecule has 0 amide bonds. The molecule has 0 atom stereocenters. The number of nitrogens with two attached hydrogens (primary N) is 1. The maximum Gasteiger partial charge on any atom is 0.163 e. The smallest absolute Gasteiger partial charge is 0.163 e. The van der Waals surface area contributed by atoms with Crippen LogP contribution in [0.2, 0.25) is 5.02 Å². The maximum absolute atomic E-state index is 5.77. The maximum atomic E-state index is 5.77. The average Bonchev–Trinajstić information content (AvgIpc) is 2.12. The fraction of sp³-hybridized carbons (Fsp3) is 0.222. The molecule has 1 aromatic rings. The van der Waals surface area contributed by atoms with Gasteiger partial charge in [0.2, 0.25) is 0 Å². The third kappa shape index (κ3) is 4.30. The predicted molar refractivity (Wildman–Crippen MR) is 61.7 cm³/mol. The number of nitrogens with one attached hydrogen (secondary N) is 1. The highest BCUT2D eigenvalue weighted by molar-refractivity contribution is 7.80. The fourth-order valence-electron chi connectivity index (χ4n) is 0.900. The van der Waals surface area contributed by atoms with Gasteiger partial charge in [0.1, 0.15) is 12.4 Å². The van der Waals surface area contributed by atoms with Crippen molar-refractivity contribution in [1.29, 1.82) is 0 Å². The summed E-state index contributed by atoms with van der Waals surface area (Å²) in [4.78, 5) is 0. The van der Waals surface area contributed by atoms with Gasteiger partial charge in [0.15, 0.2) is 5.11 Å². The largest absolute Gasteiger partial charge is 0.492 e. The minimum atomic E-state index is 0.277. The summed E-state index contributed by atoms with van der Waals surface area (Å²) in [7, 11) is 0. The summed E-state index contributed by atoms with van der Waals surface area (Å²) in [6, 6.07) is 7.22. The second kappa shape index (κ2) is 5.67. The highest BCUT2D eigenvalue weighted by Gasteiger charge is 1.94. The number of rotatable bonds is 4. The Balaban J connectivity index is 2.28. The molecule has 0 aromatic heterocycles. The van der Waals surface area contributed by atoms with Gasteiger partial charge in [-0.1, -0.05) is 17.7 Å². The Kier molecular flexibility index (Phi) is 4.49. The van der Waals surface area contributed by atoms with Crippen molar-refractivity contribution in [3.63, 3.8) is 0 Å². The first-order valence-corrected chi connectivity index (χ1v) is 4.89. The van der Waals surface area contributed by atoms with Gasteiger partial charge < -0.3 is 15.8 Å². The van der Waals surface area contributed by atoms with Crippen LogP contribution >= 0.6 is 23.8 Å². The Labute approximate surface area is 93.2 Å². The second-order valence-electron chi connectivity index (χ2n) is 2.60. The number of benzene rings is 1. The highest BCUT2D eigenvalue weighted by Crippen LogP contribution is 2.16. The van der Waals surface area contributed by atoms with E-state index < -0.39 is 0 Å². The molecule has 0 aliphatic rings. The molecule has 0 fully saturated rings. The van der Waals surface area contributed by atoms with E-state index in [9.17, 15) is 0 Å². The Bertz CT molecular complexity index is 319. The number of thiocarbonyl (C=S) groups is 1. The van der Waals surface area contributed by atoms with E-state index in [0.717, 1.165) is 5.75 Å². The normalized spacial score (nSPS) is 9.50. The van der Waals surface area contributed by atoms with Crippen LogP contribution in [0.1, 0.15) is 0 Å². The van der Waals surface area contributed by atoms with Crippen molar-refractivity contribution in [1.82, 2.24) is 5.32 Å². The van der Waals surface area contributed by atoms with Crippen molar-refractivity contribution in [2.75, 3.05) is 13.2 Å². The van der Waals surface area contributed by atoms with Gasteiger partial charge >= 0.3 is 0 Å². The minimum Gasteiger partial charge on any atom is -0.492 e. The van der Waals surface area contributed by atoms with Gasteiger partial charge in [-0.05, 0) is 30.4 Å². The monoisotopic (exact) mass is 230 g/mol. The van der Waals surface area contributed by atoms with Crippen molar-refractivity contribution in [3.05, 3.63) is 29.3 Å². The molecule has 0 bridgehead atoms. The van der Waals surface area contributed by atoms with Crippen LogP contribution in [0.3, 0.4) is 0 Å². The van der Waals surface area contributed by atoms with E-state index in [0.29, 0.717) is 18.2 Å². The van der Waals surface area contributed by atoms with Crippen LogP contribution in [-0.2, 0) is 0 Å². The van der Waals surface area contributed by atoms with E-state index in [1.165, 1.54) is 0 Å². The average molecular weight is 231 g/mol. The first-order chi connectivity index (χ1) is 6.68. The van der Waals surface area contributed by atoms with Crippen LogP contribution in [0, 0.1) is 0 Å². The van der Waals surface area contributed by atoms with E-state index in [4.69, 9.17) is 22.1 Å². The molecule has 5 heteroatoms. The summed E-state index contributed by atoms with van der Waals surface area (Å²) < 4.78 is 5.38. The summed E-state index contributed by atoms with van der Waals surface area (Å²) in [5.74, 6) is 0.738. The number of hydrogen-bond acceptors (Lipinski definition) is 2. The van der Waals surface area contributed by atoms with Gasteiger partial charge in [-0.15, -0.1) is 0 Å². The first-order valence-electron chi connectivity index (χ1n) is 4.10. The first kappa shape index (κ1) is 11.1. The van der Waals surface area contributed by atoms with Crippen molar-refractivity contribution in [2.24, 2.45) is 5.73 Å². The van der Waals surface area contributed by atoms with Gasteiger partial charge in [-0.2, -0.15) is 0 Å². The van der Waals surface area contributed by atoms with Gasteiger partial charge in [-0.25, -0.2) is 0 Å². The molecule has 3 N–H and O–H groups in total. The molecule has 14 heavy (non-hydrogen) atoms. The van der Waals surface area contributed by atoms with E-state index >= 15 is 0 Å². The number of halogens is 1. The minimum absolute atomic E-state index is 0.277. The van der Waals surface area contributed by atoms with Crippen LogP contribution in [0.4, 0.5) is 0 Å². The molecule has 0 aliphatic heterocycles. The van der Waals surface area contributed by atoms with Crippen molar-refractivity contribution >= 4 is 28.9 Å².